The number of para-hydroxylation sites is 1. The molecule has 3 aliphatic heterocycles. The molecule has 6 heteroatoms. The molecule has 0 unspecified atom stereocenters. The molecule has 2 amide bonds. The minimum atomic E-state index is -0.429. The number of rotatable bonds is 7. The number of amides is 2. The van der Waals surface area contributed by atoms with Gasteiger partial charge in [0.05, 0.1) is 12.6 Å². The second-order valence-corrected chi connectivity index (χ2v) is 12.0. The normalized spacial score (nSPS) is 21.8. The molecule has 6 nitrogen and oxygen atoms in total. The zero-order valence-corrected chi connectivity index (χ0v) is 23.5. The van der Waals surface area contributed by atoms with Crippen molar-refractivity contribution >= 4 is 22.7 Å². The maximum absolute atomic E-state index is 14.1. The van der Waals surface area contributed by atoms with Crippen LogP contribution in [0.1, 0.15) is 47.7 Å². The average molecular weight is 547 g/mol. The molecule has 3 aliphatic rings. The molecule has 2 atom stereocenters. The molecule has 0 bridgehead atoms. The molecular weight excluding hydrogens is 508 g/mol. The van der Waals surface area contributed by atoms with E-state index >= 15 is 0 Å². The number of carbonyl (C=O) groups is 2. The topological polar surface area (TPSA) is 59.7 Å². The number of nitrogens with one attached hydrogen (secondary N) is 1. The Morgan fingerprint density at radius 1 is 0.805 bits per heavy atom. The lowest BCUT2D eigenvalue weighted by atomic mass is 9.86. The molecule has 7 rings (SSSR count). The van der Waals surface area contributed by atoms with Crippen LogP contribution in [0, 0.1) is 5.92 Å². The lowest BCUT2D eigenvalue weighted by Gasteiger charge is -2.48. The Kier molecular flexibility index (Phi) is 7.09. The summed E-state index contributed by atoms with van der Waals surface area (Å²) in [5.41, 5.74) is 6.00. The van der Waals surface area contributed by atoms with Gasteiger partial charge in [-0.2, -0.15) is 0 Å². The number of piperazine rings is 1. The Morgan fingerprint density at radius 2 is 1.49 bits per heavy atom. The number of piperidine rings is 1. The fourth-order valence-corrected chi connectivity index (χ4v) is 7.33. The Morgan fingerprint density at radius 3 is 2.24 bits per heavy atom. The number of fused-ring (bicyclic) bond motifs is 4. The Labute approximate surface area is 241 Å². The molecule has 2 fully saturated rings. The third-order valence-corrected chi connectivity index (χ3v) is 9.44. The molecule has 4 heterocycles. The minimum Gasteiger partial charge on any atom is -0.356 e. The van der Waals surface area contributed by atoms with Gasteiger partial charge in [-0.3, -0.25) is 14.5 Å². The van der Waals surface area contributed by atoms with E-state index in [4.69, 9.17) is 0 Å². The first kappa shape index (κ1) is 26.0. The second kappa shape index (κ2) is 11.2. The summed E-state index contributed by atoms with van der Waals surface area (Å²) in [5.74, 6) is 0.641. The van der Waals surface area contributed by atoms with E-state index in [0.717, 1.165) is 56.5 Å². The van der Waals surface area contributed by atoms with E-state index in [1.54, 1.807) is 0 Å². The van der Waals surface area contributed by atoms with Crippen LogP contribution in [0.15, 0.2) is 84.9 Å². The predicted octanol–water partition coefficient (Wildman–Crippen LogP) is 5.35. The lowest BCUT2D eigenvalue weighted by Crippen LogP contribution is -2.63. The number of benzene rings is 3. The molecular formula is C35H38N4O2. The molecule has 4 aromatic rings. The number of hydrogen-bond acceptors (Lipinski definition) is 3. The second-order valence-electron chi connectivity index (χ2n) is 12.0. The summed E-state index contributed by atoms with van der Waals surface area (Å²) in [6, 6.07) is 28.9. The molecule has 0 aliphatic carbocycles. The summed E-state index contributed by atoms with van der Waals surface area (Å²) in [6.07, 6.45) is 4.35. The van der Waals surface area contributed by atoms with Crippen molar-refractivity contribution in [3.8, 4) is 0 Å². The highest BCUT2D eigenvalue weighted by Crippen LogP contribution is 2.41. The summed E-state index contributed by atoms with van der Waals surface area (Å²) in [6.45, 7) is 3.92. The van der Waals surface area contributed by atoms with Crippen molar-refractivity contribution in [2.75, 3.05) is 26.2 Å². The molecule has 1 N–H and O–H groups in total. The number of hydrogen-bond donors (Lipinski definition) is 1. The molecule has 210 valence electrons. The first-order valence-electron chi connectivity index (χ1n) is 15.1. The zero-order valence-electron chi connectivity index (χ0n) is 23.5. The van der Waals surface area contributed by atoms with Crippen molar-refractivity contribution in [3.63, 3.8) is 0 Å². The van der Waals surface area contributed by atoms with Crippen molar-refractivity contribution in [2.45, 2.75) is 50.7 Å². The maximum Gasteiger partial charge on any atom is 0.246 e. The van der Waals surface area contributed by atoms with Crippen molar-refractivity contribution in [2.24, 2.45) is 5.92 Å². The van der Waals surface area contributed by atoms with E-state index < -0.39 is 6.04 Å². The summed E-state index contributed by atoms with van der Waals surface area (Å²) in [5, 5.41) is 1.18. The average Bonchev–Trinajstić information content (AvgIpc) is 3.38. The highest BCUT2D eigenvalue weighted by atomic mass is 16.2. The smallest absolute Gasteiger partial charge is 0.246 e. The summed E-state index contributed by atoms with van der Waals surface area (Å²) in [7, 11) is 0. The molecule has 41 heavy (non-hydrogen) atoms. The molecule has 2 saturated heterocycles. The van der Waals surface area contributed by atoms with Gasteiger partial charge in [-0.1, -0.05) is 78.9 Å². The van der Waals surface area contributed by atoms with Gasteiger partial charge in [0.2, 0.25) is 11.8 Å². The predicted molar refractivity (Wildman–Crippen MR) is 161 cm³/mol. The molecule has 1 aromatic heterocycles. The van der Waals surface area contributed by atoms with E-state index in [0.29, 0.717) is 18.9 Å². The zero-order chi connectivity index (χ0) is 27.8. The highest BCUT2D eigenvalue weighted by molar-refractivity contribution is 5.97. The molecule has 0 spiro atoms. The molecule has 3 aromatic carbocycles. The molecule has 0 saturated carbocycles. The number of aryl methyl sites for hydroxylation is 1. The largest absolute Gasteiger partial charge is 0.356 e. The Hall–Kier alpha value is -3.90. The number of likely N-dealkylation sites (tertiary alicyclic amines) is 1. The van der Waals surface area contributed by atoms with Crippen molar-refractivity contribution in [1.82, 2.24) is 19.7 Å². The van der Waals surface area contributed by atoms with Gasteiger partial charge in [0.25, 0.3) is 0 Å². The lowest BCUT2D eigenvalue weighted by molar-refractivity contribution is -0.160. The molecule has 0 radical (unpaired) electrons. The van der Waals surface area contributed by atoms with Gasteiger partial charge in [-0.05, 0) is 67.4 Å². The van der Waals surface area contributed by atoms with Crippen molar-refractivity contribution in [3.05, 3.63) is 107 Å². The number of nitrogens with zero attached hydrogens (tertiary/aromatic N) is 3. The number of H-pyrrole nitrogens is 1. The first-order valence-corrected chi connectivity index (χ1v) is 15.1. The van der Waals surface area contributed by atoms with Gasteiger partial charge in [0.15, 0.2) is 0 Å². The maximum atomic E-state index is 14.1. The number of carbonyl (C=O) groups excluding carboxylic acids is 2. The van der Waals surface area contributed by atoms with Gasteiger partial charge in [-0.25, -0.2) is 0 Å². The third kappa shape index (κ3) is 5.17. The Balaban J connectivity index is 1.08. The quantitative estimate of drug-likeness (QED) is 0.340. The first-order chi connectivity index (χ1) is 20.1. The van der Waals surface area contributed by atoms with Gasteiger partial charge in [0.1, 0.15) is 6.04 Å². The van der Waals surface area contributed by atoms with Crippen LogP contribution in [0.25, 0.3) is 10.9 Å². The van der Waals surface area contributed by atoms with Gasteiger partial charge in [0, 0.05) is 36.1 Å². The standard InChI is InChI=1S/C35H38N4O2/c40-33-24-38(23-27-17-19-37(20-18-27)22-26-11-5-2-6-12-26)35(41)32-21-29-28-13-7-8-14-30(28)36-34(29)31(39(32)33)16-15-25-9-3-1-4-10-25/h1-14,27,31-32,36H,15-24H2/t31-,32+/m1/s1. The summed E-state index contributed by atoms with van der Waals surface area (Å²) >= 11 is 0. The van der Waals surface area contributed by atoms with Crippen LogP contribution in [0.3, 0.4) is 0 Å². The Bertz CT molecular complexity index is 1520. The van der Waals surface area contributed by atoms with Crippen molar-refractivity contribution in [1.29, 1.82) is 0 Å². The van der Waals surface area contributed by atoms with E-state index in [1.165, 1.54) is 22.1 Å². The fourth-order valence-electron chi connectivity index (χ4n) is 7.33. The van der Waals surface area contributed by atoms with Gasteiger partial charge in [-0.15, -0.1) is 0 Å². The summed E-state index contributed by atoms with van der Waals surface area (Å²) < 4.78 is 0. The third-order valence-electron chi connectivity index (χ3n) is 9.44. The number of aromatic nitrogens is 1. The monoisotopic (exact) mass is 546 g/mol. The minimum absolute atomic E-state index is 0.0819. The van der Waals surface area contributed by atoms with E-state index in [9.17, 15) is 9.59 Å². The van der Waals surface area contributed by atoms with Gasteiger partial charge < -0.3 is 14.8 Å². The van der Waals surface area contributed by atoms with Crippen LogP contribution in [-0.2, 0) is 29.0 Å². The van der Waals surface area contributed by atoms with Crippen LogP contribution in [0.4, 0.5) is 0 Å². The van der Waals surface area contributed by atoms with Crippen molar-refractivity contribution < 1.29 is 9.59 Å². The van der Waals surface area contributed by atoms with Crippen LogP contribution < -0.4 is 0 Å². The van der Waals surface area contributed by atoms with E-state index in [1.807, 2.05) is 21.9 Å². The SMILES string of the molecule is O=C1[C@@H]2Cc3c([nH]c4ccccc34)[C@@H](CCc3ccccc3)N2C(=O)CN1CC1CCN(Cc2ccccc2)CC1. The number of aromatic amines is 1. The fraction of sp³-hybridized carbons (Fsp3) is 0.371. The van der Waals surface area contributed by atoms with Crippen LogP contribution in [0.5, 0.6) is 0 Å². The van der Waals surface area contributed by atoms with E-state index in [-0.39, 0.29) is 24.4 Å². The van der Waals surface area contributed by atoms with Crippen LogP contribution in [0.2, 0.25) is 0 Å². The van der Waals surface area contributed by atoms with Crippen LogP contribution >= 0.6 is 0 Å². The van der Waals surface area contributed by atoms with Gasteiger partial charge >= 0.3 is 0 Å². The van der Waals surface area contributed by atoms with E-state index in [2.05, 4.69) is 82.7 Å². The highest BCUT2D eigenvalue weighted by Gasteiger charge is 2.47. The summed E-state index contributed by atoms with van der Waals surface area (Å²) in [4.78, 5) is 37.9. The van der Waals surface area contributed by atoms with Crippen LogP contribution in [-0.4, -0.2) is 63.7 Å².